The highest BCUT2D eigenvalue weighted by Gasteiger charge is 2.11. The van der Waals surface area contributed by atoms with Crippen molar-refractivity contribution < 1.29 is 18.4 Å². The van der Waals surface area contributed by atoms with Gasteiger partial charge in [0.1, 0.15) is 11.5 Å². The molecule has 0 fully saturated rings. The van der Waals surface area contributed by atoms with Crippen LogP contribution in [0.1, 0.15) is 27.8 Å². The van der Waals surface area contributed by atoms with Crippen molar-refractivity contribution in [1.82, 2.24) is 9.97 Å². The summed E-state index contributed by atoms with van der Waals surface area (Å²) in [6.45, 7) is 1.47. The van der Waals surface area contributed by atoms with Crippen LogP contribution in [0.4, 0.5) is 26.0 Å². The summed E-state index contributed by atoms with van der Waals surface area (Å²) in [6, 6.07) is 9.89. The number of halogens is 2. The second-order valence-electron chi connectivity index (χ2n) is 5.63. The highest BCUT2D eigenvalue weighted by molar-refractivity contribution is 6.02. The minimum Gasteiger partial charge on any atom is -0.339 e. The molecule has 0 aliphatic heterocycles. The van der Waals surface area contributed by atoms with Crippen molar-refractivity contribution in [3.05, 3.63) is 77.8 Å². The van der Waals surface area contributed by atoms with E-state index in [1.807, 2.05) is 0 Å². The number of nitrogens with one attached hydrogen (secondary N) is 2. The van der Waals surface area contributed by atoms with Crippen LogP contribution < -0.4 is 10.6 Å². The average molecular weight is 368 g/mol. The van der Waals surface area contributed by atoms with Crippen LogP contribution in [-0.4, -0.2) is 21.7 Å². The van der Waals surface area contributed by atoms with Crippen molar-refractivity contribution in [2.45, 2.75) is 6.92 Å². The number of hydrogen-bond acceptors (Lipinski definition) is 5. The zero-order valence-corrected chi connectivity index (χ0v) is 14.2. The second kappa shape index (κ2) is 7.69. The van der Waals surface area contributed by atoms with Gasteiger partial charge in [-0.15, -0.1) is 0 Å². The molecule has 0 radical (unpaired) electrons. The number of ketones is 1. The molecule has 1 heterocycles. The molecule has 0 spiro atoms. The Balaban J connectivity index is 1.69. The van der Waals surface area contributed by atoms with Gasteiger partial charge in [-0.05, 0) is 31.2 Å². The molecule has 6 nitrogen and oxygen atoms in total. The average Bonchev–Trinajstić information content (AvgIpc) is 2.65. The van der Waals surface area contributed by atoms with Gasteiger partial charge in [-0.25, -0.2) is 18.7 Å². The zero-order chi connectivity index (χ0) is 19.4. The first-order chi connectivity index (χ1) is 12.9. The molecule has 8 heteroatoms. The normalized spacial score (nSPS) is 10.3. The van der Waals surface area contributed by atoms with Crippen LogP contribution in [-0.2, 0) is 0 Å². The SMILES string of the molecule is CC(=O)c1cccc(Nc2cnc(C(=O)Nc3ccc(F)c(F)c3)cn2)c1. The van der Waals surface area contributed by atoms with E-state index in [2.05, 4.69) is 20.6 Å². The van der Waals surface area contributed by atoms with Crippen LogP contribution >= 0.6 is 0 Å². The van der Waals surface area contributed by atoms with Gasteiger partial charge >= 0.3 is 0 Å². The summed E-state index contributed by atoms with van der Waals surface area (Å²) in [5.41, 5.74) is 1.30. The van der Waals surface area contributed by atoms with Crippen LogP contribution in [0.3, 0.4) is 0 Å². The number of nitrogens with zero attached hydrogens (tertiary/aromatic N) is 2. The fourth-order valence-electron chi connectivity index (χ4n) is 2.24. The summed E-state index contributed by atoms with van der Waals surface area (Å²) in [5.74, 6) is -2.36. The third kappa shape index (κ3) is 4.49. The van der Waals surface area contributed by atoms with E-state index in [1.165, 1.54) is 25.4 Å². The summed E-state index contributed by atoms with van der Waals surface area (Å²) >= 11 is 0. The van der Waals surface area contributed by atoms with E-state index in [9.17, 15) is 18.4 Å². The molecule has 1 amide bonds. The number of aromatic nitrogens is 2. The lowest BCUT2D eigenvalue weighted by atomic mass is 10.1. The Bertz CT molecular complexity index is 1010. The van der Waals surface area contributed by atoms with Crippen LogP contribution in [0.5, 0.6) is 0 Å². The van der Waals surface area contributed by atoms with E-state index < -0.39 is 17.5 Å². The van der Waals surface area contributed by atoms with Crippen molar-refractivity contribution in [1.29, 1.82) is 0 Å². The summed E-state index contributed by atoms with van der Waals surface area (Å²) in [4.78, 5) is 31.6. The topological polar surface area (TPSA) is 84.0 Å². The first-order valence-electron chi connectivity index (χ1n) is 7.89. The molecule has 0 saturated heterocycles. The molecule has 136 valence electrons. The summed E-state index contributed by atoms with van der Waals surface area (Å²) in [5, 5.41) is 5.39. The molecular formula is C19H14F2N4O2. The van der Waals surface area contributed by atoms with Crippen LogP contribution in [0, 0.1) is 11.6 Å². The Morgan fingerprint density at radius 3 is 2.41 bits per heavy atom. The smallest absolute Gasteiger partial charge is 0.275 e. The fraction of sp³-hybridized carbons (Fsp3) is 0.0526. The molecule has 27 heavy (non-hydrogen) atoms. The van der Waals surface area contributed by atoms with Crippen molar-refractivity contribution in [2.24, 2.45) is 0 Å². The van der Waals surface area contributed by atoms with Gasteiger partial charge in [-0.3, -0.25) is 9.59 Å². The summed E-state index contributed by atoms with van der Waals surface area (Å²) < 4.78 is 26.1. The quantitative estimate of drug-likeness (QED) is 0.666. The zero-order valence-electron chi connectivity index (χ0n) is 14.2. The van der Waals surface area contributed by atoms with Crippen molar-refractivity contribution >= 4 is 28.9 Å². The largest absolute Gasteiger partial charge is 0.339 e. The maximum absolute atomic E-state index is 13.2. The highest BCUT2D eigenvalue weighted by atomic mass is 19.2. The monoisotopic (exact) mass is 368 g/mol. The minimum atomic E-state index is -1.06. The predicted octanol–water partition coefficient (Wildman–Crippen LogP) is 3.95. The van der Waals surface area contributed by atoms with E-state index in [0.29, 0.717) is 17.1 Å². The van der Waals surface area contributed by atoms with Gasteiger partial charge < -0.3 is 10.6 Å². The summed E-state index contributed by atoms with van der Waals surface area (Å²) in [7, 11) is 0. The van der Waals surface area contributed by atoms with Crippen molar-refractivity contribution in [3.8, 4) is 0 Å². The van der Waals surface area contributed by atoms with Crippen molar-refractivity contribution in [3.63, 3.8) is 0 Å². The van der Waals surface area contributed by atoms with E-state index in [0.717, 1.165) is 12.1 Å². The Labute approximate surface area is 153 Å². The first kappa shape index (κ1) is 18.1. The molecule has 2 aromatic carbocycles. The second-order valence-corrected chi connectivity index (χ2v) is 5.63. The Morgan fingerprint density at radius 1 is 0.926 bits per heavy atom. The number of rotatable bonds is 5. The molecule has 2 N–H and O–H groups in total. The molecular weight excluding hydrogens is 354 g/mol. The van der Waals surface area contributed by atoms with Gasteiger partial charge in [0, 0.05) is 23.0 Å². The number of hydrogen-bond donors (Lipinski definition) is 2. The summed E-state index contributed by atoms with van der Waals surface area (Å²) in [6.07, 6.45) is 2.59. The van der Waals surface area contributed by atoms with E-state index in [-0.39, 0.29) is 17.2 Å². The third-order valence-corrected chi connectivity index (χ3v) is 3.60. The number of amides is 1. The van der Waals surface area contributed by atoms with Crippen LogP contribution in [0.2, 0.25) is 0 Å². The van der Waals surface area contributed by atoms with Gasteiger partial charge in [-0.2, -0.15) is 0 Å². The predicted molar refractivity (Wildman–Crippen MR) is 96.1 cm³/mol. The maximum Gasteiger partial charge on any atom is 0.275 e. The third-order valence-electron chi connectivity index (χ3n) is 3.60. The Kier molecular flexibility index (Phi) is 5.16. The highest BCUT2D eigenvalue weighted by Crippen LogP contribution is 2.17. The molecule has 0 aliphatic rings. The molecule has 3 aromatic rings. The van der Waals surface area contributed by atoms with E-state index in [1.54, 1.807) is 24.3 Å². The fourth-order valence-corrected chi connectivity index (χ4v) is 2.24. The number of carbonyl (C=O) groups excluding carboxylic acids is 2. The molecule has 0 atom stereocenters. The van der Waals surface area contributed by atoms with E-state index >= 15 is 0 Å². The Morgan fingerprint density at radius 2 is 1.74 bits per heavy atom. The lowest BCUT2D eigenvalue weighted by Crippen LogP contribution is -2.14. The van der Waals surface area contributed by atoms with Crippen molar-refractivity contribution in [2.75, 3.05) is 10.6 Å². The maximum atomic E-state index is 13.2. The van der Waals surface area contributed by atoms with Crippen LogP contribution in [0.25, 0.3) is 0 Å². The minimum absolute atomic E-state index is 0.00256. The number of benzene rings is 2. The molecule has 1 aromatic heterocycles. The lowest BCUT2D eigenvalue weighted by molar-refractivity contribution is 0.101. The number of Topliss-reactive ketones (excluding diaryl/α,β-unsaturated/α-hetero) is 1. The molecule has 0 aliphatic carbocycles. The molecule has 0 unspecified atom stereocenters. The standard InChI is InChI=1S/C19H14F2N4O2/c1-11(26)12-3-2-4-13(7-12)24-18-10-22-17(9-23-18)19(27)25-14-5-6-15(20)16(21)8-14/h2-10H,1H3,(H,23,24)(H,25,27). The van der Waals surface area contributed by atoms with Gasteiger partial charge in [-0.1, -0.05) is 12.1 Å². The Hall–Kier alpha value is -3.68. The van der Waals surface area contributed by atoms with Gasteiger partial charge in [0.05, 0.1) is 12.4 Å². The lowest BCUT2D eigenvalue weighted by Gasteiger charge is -2.08. The van der Waals surface area contributed by atoms with Gasteiger partial charge in [0.2, 0.25) is 0 Å². The molecule has 0 saturated carbocycles. The van der Waals surface area contributed by atoms with Gasteiger partial charge in [0.25, 0.3) is 5.91 Å². The van der Waals surface area contributed by atoms with Gasteiger partial charge in [0.15, 0.2) is 17.4 Å². The first-order valence-corrected chi connectivity index (χ1v) is 7.89. The number of anilines is 3. The van der Waals surface area contributed by atoms with E-state index in [4.69, 9.17) is 0 Å². The number of carbonyl (C=O) groups is 2. The molecule has 3 rings (SSSR count). The van der Waals surface area contributed by atoms with Crippen LogP contribution in [0.15, 0.2) is 54.9 Å². The molecule has 0 bridgehead atoms.